The summed E-state index contributed by atoms with van der Waals surface area (Å²) in [4.78, 5) is 14.1. The molecule has 0 aromatic heterocycles. The minimum absolute atomic E-state index is 0.127. The molecule has 0 unspecified atom stereocenters. The van der Waals surface area contributed by atoms with Gasteiger partial charge in [-0.2, -0.15) is 4.31 Å². The Hall–Kier alpha value is -2.22. The molecule has 6 nitrogen and oxygen atoms in total. The third-order valence-corrected chi connectivity index (χ3v) is 7.48. The molecule has 0 saturated carbocycles. The number of hydrogen-bond donors (Lipinski definition) is 2. The molecular weight excluding hydrogens is 398 g/mol. The third kappa shape index (κ3) is 5.68. The Morgan fingerprint density at radius 1 is 0.967 bits per heavy atom. The second kappa shape index (κ2) is 10.7. The molecule has 0 aliphatic rings. The lowest BCUT2D eigenvalue weighted by Gasteiger charge is -2.22. The van der Waals surface area contributed by atoms with E-state index in [4.69, 9.17) is 0 Å². The number of sulfonamides is 1. The first-order valence-corrected chi connectivity index (χ1v) is 12.0. The highest BCUT2D eigenvalue weighted by Gasteiger charge is 2.22. The van der Waals surface area contributed by atoms with Gasteiger partial charge in [0.2, 0.25) is 10.0 Å². The minimum atomic E-state index is -3.52. The molecule has 0 aliphatic heterocycles. The Kier molecular flexibility index (Phi) is 8.58. The highest BCUT2D eigenvalue weighted by molar-refractivity contribution is 7.89. The van der Waals surface area contributed by atoms with Crippen molar-refractivity contribution in [1.29, 1.82) is 0 Å². The fourth-order valence-electron chi connectivity index (χ4n) is 3.43. The van der Waals surface area contributed by atoms with Gasteiger partial charge in [-0.05, 0) is 36.2 Å². The second-order valence-corrected chi connectivity index (χ2v) is 9.49. The van der Waals surface area contributed by atoms with Crippen LogP contribution in [0.5, 0.6) is 0 Å². The van der Waals surface area contributed by atoms with Gasteiger partial charge in [0.15, 0.2) is 0 Å². The van der Waals surface area contributed by atoms with E-state index in [0.717, 1.165) is 6.42 Å². The number of hydrogen-bond acceptors (Lipinski definition) is 3. The molecule has 0 saturated heterocycles. The van der Waals surface area contributed by atoms with E-state index in [2.05, 4.69) is 50.6 Å². The fourth-order valence-corrected chi connectivity index (χ4v) is 4.89. The van der Waals surface area contributed by atoms with Crippen LogP contribution in [0.3, 0.4) is 0 Å². The maximum Gasteiger partial charge on any atom is 0.251 e. The van der Waals surface area contributed by atoms with Crippen molar-refractivity contribution in [3.05, 3.63) is 65.2 Å². The number of carbonyl (C=O) groups is 1. The van der Waals surface area contributed by atoms with E-state index in [1.54, 1.807) is 12.1 Å². The zero-order valence-electron chi connectivity index (χ0n) is 18.6. The Labute approximate surface area is 180 Å². The van der Waals surface area contributed by atoms with Crippen LogP contribution in [0.15, 0.2) is 53.4 Å². The second-order valence-electron chi connectivity index (χ2n) is 7.55. The first-order chi connectivity index (χ1) is 14.2. The SMILES string of the molecule is CCc1ccc([C@H](CNC(=O)c2ccc(S(=O)(=O)N(CC)CC)cc2)[NH+](C)C)cc1. The van der Waals surface area contributed by atoms with Crippen molar-refractivity contribution in [1.82, 2.24) is 9.62 Å². The number of quaternary nitrogens is 1. The molecule has 1 amide bonds. The van der Waals surface area contributed by atoms with Gasteiger partial charge in [0, 0.05) is 24.2 Å². The van der Waals surface area contributed by atoms with E-state index in [1.807, 2.05) is 13.8 Å². The van der Waals surface area contributed by atoms with Gasteiger partial charge in [-0.25, -0.2) is 8.42 Å². The summed E-state index contributed by atoms with van der Waals surface area (Å²) in [6.07, 6.45) is 0.997. The van der Waals surface area contributed by atoms with Crippen molar-refractivity contribution in [3.8, 4) is 0 Å². The number of nitrogens with one attached hydrogen (secondary N) is 2. The van der Waals surface area contributed by atoms with E-state index >= 15 is 0 Å². The van der Waals surface area contributed by atoms with Gasteiger partial charge in [-0.3, -0.25) is 4.79 Å². The third-order valence-electron chi connectivity index (χ3n) is 5.41. The first kappa shape index (κ1) is 24.1. The van der Waals surface area contributed by atoms with Crippen LogP contribution in [-0.2, 0) is 16.4 Å². The molecule has 0 aliphatic carbocycles. The van der Waals surface area contributed by atoms with E-state index in [9.17, 15) is 13.2 Å². The van der Waals surface area contributed by atoms with Gasteiger partial charge >= 0.3 is 0 Å². The van der Waals surface area contributed by atoms with Gasteiger partial charge in [-0.15, -0.1) is 0 Å². The Bertz CT molecular complexity index is 919. The number of carbonyl (C=O) groups excluding carboxylic acids is 1. The average molecular weight is 433 g/mol. The van der Waals surface area contributed by atoms with Gasteiger partial charge < -0.3 is 10.2 Å². The van der Waals surface area contributed by atoms with E-state index in [0.29, 0.717) is 25.2 Å². The maximum atomic E-state index is 12.6. The van der Waals surface area contributed by atoms with Crippen molar-refractivity contribution in [3.63, 3.8) is 0 Å². The number of aryl methyl sites for hydroxylation is 1. The van der Waals surface area contributed by atoms with Crippen LogP contribution in [0, 0.1) is 0 Å². The lowest BCUT2D eigenvalue weighted by atomic mass is 10.0. The van der Waals surface area contributed by atoms with Gasteiger partial charge in [-0.1, -0.05) is 45.0 Å². The molecule has 1 atom stereocenters. The van der Waals surface area contributed by atoms with Crippen molar-refractivity contribution in [2.45, 2.75) is 38.1 Å². The molecule has 2 aromatic carbocycles. The number of rotatable bonds is 10. The molecule has 2 N–H and O–H groups in total. The Morgan fingerprint density at radius 3 is 2.00 bits per heavy atom. The minimum Gasteiger partial charge on any atom is -0.346 e. The largest absolute Gasteiger partial charge is 0.346 e. The quantitative estimate of drug-likeness (QED) is 0.602. The molecule has 0 heterocycles. The summed E-state index contributed by atoms with van der Waals surface area (Å²) in [5.74, 6) is -0.210. The summed E-state index contributed by atoms with van der Waals surface area (Å²) in [7, 11) is 0.610. The monoisotopic (exact) mass is 432 g/mol. The van der Waals surface area contributed by atoms with Crippen LogP contribution >= 0.6 is 0 Å². The smallest absolute Gasteiger partial charge is 0.251 e. The van der Waals surface area contributed by atoms with Crippen LogP contribution in [0.4, 0.5) is 0 Å². The van der Waals surface area contributed by atoms with Gasteiger partial charge in [0.05, 0.1) is 25.5 Å². The molecule has 7 heteroatoms. The van der Waals surface area contributed by atoms with E-state index in [-0.39, 0.29) is 16.8 Å². The van der Waals surface area contributed by atoms with Crippen LogP contribution < -0.4 is 10.2 Å². The summed E-state index contributed by atoms with van der Waals surface area (Å²) < 4.78 is 26.6. The zero-order valence-corrected chi connectivity index (χ0v) is 19.4. The van der Waals surface area contributed by atoms with Crippen molar-refractivity contribution in [2.24, 2.45) is 0 Å². The molecule has 2 aromatic rings. The Balaban J connectivity index is 2.09. The van der Waals surface area contributed by atoms with Crippen LogP contribution in [0.25, 0.3) is 0 Å². The zero-order chi connectivity index (χ0) is 22.3. The molecule has 0 bridgehead atoms. The van der Waals surface area contributed by atoms with Crippen LogP contribution in [0.1, 0.15) is 48.3 Å². The molecule has 0 radical (unpaired) electrons. The average Bonchev–Trinajstić information content (AvgIpc) is 2.74. The summed E-state index contributed by atoms with van der Waals surface area (Å²) >= 11 is 0. The highest BCUT2D eigenvalue weighted by atomic mass is 32.2. The number of nitrogens with zero attached hydrogens (tertiary/aromatic N) is 1. The lowest BCUT2D eigenvalue weighted by molar-refractivity contribution is -0.890. The van der Waals surface area contributed by atoms with Crippen LogP contribution in [0.2, 0.25) is 0 Å². The molecule has 164 valence electrons. The Morgan fingerprint density at radius 2 is 1.53 bits per heavy atom. The number of likely N-dealkylation sites (N-methyl/N-ethyl adjacent to an activating group) is 1. The lowest BCUT2D eigenvalue weighted by Crippen LogP contribution is -3.07. The predicted molar refractivity (Wildman–Crippen MR) is 120 cm³/mol. The maximum absolute atomic E-state index is 12.6. The standard InChI is InChI=1S/C23H33N3O3S/c1-6-18-9-11-19(12-10-18)22(25(4)5)17-24-23(27)20-13-15-21(16-14-20)30(28,29)26(7-2)8-3/h9-16,22H,6-8,17H2,1-5H3,(H,24,27)/p+1/t22-/m0/s1. The molecule has 0 spiro atoms. The van der Waals surface area contributed by atoms with Crippen molar-refractivity contribution < 1.29 is 18.1 Å². The van der Waals surface area contributed by atoms with Gasteiger partial charge in [0.25, 0.3) is 5.91 Å². The van der Waals surface area contributed by atoms with Gasteiger partial charge in [0.1, 0.15) is 6.04 Å². The summed E-state index contributed by atoms with van der Waals surface area (Å²) in [5, 5.41) is 2.99. The normalized spacial score (nSPS) is 12.9. The predicted octanol–water partition coefficient (Wildman–Crippen LogP) is 1.90. The molecule has 30 heavy (non-hydrogen) atoms. The first-order valence-electron chi connectivity index (χ1n) is 10.5. The van der Waals surface area contributed by atoms with E-state index < -0.39 is 10.0 Å². The molecule has 2 rings (SSSR count). The number of benzene rings is 2. The van der Waals surface area contributed by atoms with Crippen molar-refractivity contribution in [2.75, 3.05) is 33.7 Å². The van der Waals surface area contributed by atoms with Crippen LogP contribution in [-0.4, -0.2) is 52.4 Å². The van der Waals surface area contributed by atoms with Crippen molar-refractivity contribution >= 4 is 15.9 Å². The van der Waals surface area contributed by atoms with E-state index in [1.165, 1.54) is 32.5 Å². The number of amides is 1. The summed E-state index contributed by atoms with van der Waals surface area (Å²) in [6, 6.07) is 14.8. The fraction of sp³-hybridized carbons (Fsp3) is 0.435. The molecule has 0 fully saturated rings. The highest BCUT2D eigenvalue weighted by Crippen LogP contribution is 2.16. The molecular formula is C23H34N3O3S+. The topological polar surface area (TPSA) is 70.9 Å². The summed E-state index contributed by atoms with van der Waals surface area (Å²) in [5.41, 5.74) is 2.91. The summed E-state index contributed by atoms with van der Waals surface area (Å²) in [6.45, 7) is 7.06.